The number of hydrogen-bond acceptors (Lipinski definition) is 6. The molecule has 4 amide bonds. The van der Waals surface area contributed by atoms with Crippen LogP contribution < -0.4 is 19.7 Å². The fourth-order valence-electron chi connectivity index (χ4n) is 2.82. The van der Waals surface area contributed by atoms with Crippen LogP contribution in [0.5, 0.6) is 11.5 Å². The van der Waals surface area contributed by atoms with Gasteiger partial charge >= 0.3 is 12.0 Å². The quantitative estimate of drug-likeness (QED) is 0.535. The molecule has 0 saturated carbocycles. The van der Waals surface area contributed by atoms with Crippen LogP contribution in [0, 0.1) is 5.82 Å². The third-order valence-corrected chi connectivity index (χ3v) is 4.34. The number of amides is 4. The van der Waals surface area contributed by atoms with Gasteiger partial charge in [0.05, 0.1) is 12.8 Å². The zero-order valence-electron chi connectivity index (χ0n) is 16.4. The molecule has 10 heteroatoms. The molecule has 9 nitrogen and oxygen atoms in total. The molecule has 2 aromatic rings. The smallest absolute Gasteiger partial charge is 0.344 e. The van der Waals surface area contributed by atoms with Crippen LogP contribution in [0.15, 0.2) is 48.0 Å². The summed E-state index contributed by atoms with van der Waals surface area (Å²) in [5.41, 5.74) is -0.341. The molecule has 2 N–H and O–H groups in total. The molecule has 0 unspecified atom stereocenters. The van der Waals surface area contributed by atoms with Crippen LogP contribution in [0.1, 0.15) is 12.5 Å². The molecule has 1 atom stereocenters. The van der Waals surface area contributed by atoms with Gasteiger partial charge in [-0.2, -0.15) is 0 Å². The summed E-state index contributed by atoms with van der Waals surface area (Å²) in [4.78, 5) is 49.4. The van der Waals surface area contributed by atoms with E-state index in [0.717, 1.165) is 18.2 Å². The van der Waals surface area contributed by atoms with Crippen LogP contribution in [0.4, 0.5) is 14.9 Å². The SMILES string of the molecule is COc1cccc(/C=C2\C(=O)NC(=O)N(c3cccc(F)c3)C2=O)c1O[C@H](C)C(=O)O. The number of urea groups is 1. The summed E-state index contributed by atoms with van der Waals surface area (Å²) in [6.07, 6.45) is -0.113. The summed E-state index contributed by atoms with van der Waals surface area (Å²) in [7, 11) is 1.34. The third-order valence-electron chi connectivity index (χ3n) is 4.34. The van der Waals surface area contributed by atoms with Crippen LogP contribution in [0.2, 0.25) is 0 Å². The van der Waals surface area contributed by atoms with Gasteiger partial charge in [-0.05, 0) is 37.3 Å². The van der Waals surface area contributed by atoms with Crippen LogP contribution >= 0.6 is 0 Å². The number of carbonyl (C=O) groups excluding carboxylic acids is 3. The number of halogens is 1. The average molecular weight is 428 g/mol. The lowest BCUT2D eigenvalue weighted by atomic mass is 10.1. The molecule has 1 aliphatic heterocycles. The van der Waals surface area contributed by atoms with Gasteiger partial charge in [-0.1, -0.05) is 18.2 Å². The van der Waals surface area contributed by atoms with Gasteiger partial charge in [0.25, 0.3) is 11.8 Å². The normalized spacial score (nSPS) is 16.2. The highest BCUT2D eigenvalue weighted by molar-refractivity contribution is 6.39. The molecule has 3 rings (SSSR count). The van der Waals surface area contributed by atoms with Crippen molar-refractivity contribution in [1.29, 1.82) is 0 Å². The van der Waals surface area contributed by atoms with E-state index in [0.29, 0.717) is 4.90 Å². The minimum Gasteiger partial charge on any atom is -0.493 e. The zero-order valence-corrected chi connectivity index (χ0v) is 16.4. The summed E-state index contributed by atoms with van der Waals surface area (Å²) in [6.45, 7) is 1.30. The number of methoxy groups -OCH3 is 1. The first-order valence-electron chi connectivity index (χ1n) is 8.96. The van der Waals surface area contributed by atoms with Gasteiger partial charge in [0.1, 0.15) is 11.4 Å². The number of hydrogen-bond donors (Lipinski definition) is 2. The van der Waals surface area contributed by atoms with Crippen molar-refractivity contribution in [3.8, 4) is 11.5 Å². The highest BCUT2D eigenvalue weighted by Gasteiger charge is 2.37. The molecular weight excluding hydrogens is 411 g/mol. The molecule has 1 heterocycles. The van der Waals surface area contributed by atoms with E-state index in [2.05, 4.69) is 0 Å². The molecule has 1 saturated heterocycles. The Labute approximate surface area is 175 Å². The van der Waals surface area contributed by atoms with E-state index in [9.17, 15) is 23.6 Å². The van der Waals surface area contributed by atoms with Crippen LogP contribution in [-0.4, -0.2) is 42.1 Å². The molecule has 0 aromatic heterocycles. The van der Waals surface area contributed by atoms with E-state index in [1.807, 2.05) is 5.32 Å². The number of ether oxygens (including phenoxy) is 2. The van der Waals surface area contributed by atoms with Gasteiger partial charge in [0.2, 0.25) is 0 Å². The number of barbiturate groups is 1. The fraction of sp³-hybridized carbons (Fsp3) is 0.143. The molecule has 31 heavy (non-hydrogen) atoms. The topological polar surface area (TPSA) is 122 Å². The molecule has 1 fully saturated rings. The van der Waals surface area contributed by atoms with Crippen molar-refractivity contribution in [3.63, 3.8) is 0 Å². The zero-order chi connectivity index (χ0) is 22.7. The lowest BCUT2D eigenvalue weighted by Gasteiger charge is -2.26. The Morgan fingerprint density at radius 1 is 1.19 bits per heavy atom. The maximum atomic E-state index is 13.6. The predicted molar refractivity (Wildman–Crippen MR) is 106 cm³/mol. The van der Waals surface area contributed by atoms with Gasteiger partial charge < -0.3 is 14.6 Å². The predicted octanol–water partition coefficient (Wildman–Crippen LogP) is 2.35. The number of aliphatic carboxylic acids is 1. The Kier molecular flexibility index (Phi) is 6.00. The molecule has 0 radical (unpaired) electrons. The second-order valence-corrected chi connectivity index (χ2v) is 6.41. The van der Waals surface area contributed by atoms with Crippen LogP contribution in [0.3, 0.4) is 0 Å². The first-order valence-corrected chi connectivity index (χ1v) is 8.96. The molecule has 0 spiro atoms. The van der Waals surface area contributed by atoms with Crippen molar-refractivity contribution in [2.75, 3.05) is 12.0 Å². The van der Waals surface area contributed by atoms with E-state index in [1.165, 1.54) is 38.3 Å². The van der Waals surface area contributed by atoms with Crippen molar-refractivity contribution >= 4 is 35.6 Å². The van der Waals surface area contributed by atoms with Gasteiger partial charge in [0, 0.05) is 5.56 Å². The molecule has 160 valence electrons. The summed E-state index contributed by atoms with van der Waals surface area (Å²) in [6, 6.07) is 8.26. The fourth-order valence-corrected chi connectivity index (χ4v) is 2.82. The number of imide groups is 2. The minimum absolute atomic E-state index is 0.0118. The Bertz CT molecular complexity index is 1110. The van der Waals surface area contributed by atoms with Crippen molar-refractivity contribution in [2.24, 2.45) is 0 Å². The molecular formula is C21H17FN2O7. The maximum Gasteiger partial charge on any atom is 0.344 e. The minimum atomic E-state index is -1.25. The van der Waals surface area contributed by atoms with Crippen LogP contribution in [-0.2, 0) is 14.4 Å². The first-order chi connectivity index (χ1) is 14.7. The van der Waals surface area contributed by atoms with E-state index in [-0.39, 0.29) is 22.7 Å². The second-order valence-electron chi connectivity index (χ2n) is 6.41. The summed E-state index contributed by atoms with van der Waals surface area (Å²) in [5, 5.41) is 11.2. The highest BCUT2D eigenvalue weighted by Crippen LogP contribution is 2.34. The summed E-state index contributed by atoms with van der Waals surface area (Å²) >= 11 is 0. The van der Waals surface area contributed by atoms with Crippen molar-refractivity contribution in [1.82, 2.24) is 5.32 Å². The van der Waals surface area contributed by atoms with Gasteiger partial charge in [0.15, 0.2) is 17.6 Å². The second kappa shape index (κ2) is 8.66. The maximum absolute atomic E-state index is 13.6. The van der Waals surface area contributed by atoms with E-state index in [4.69, 9.17) is 14.6 Å². The number of para-hydroxylation sites is 1. The molecule has 0 aliphatic carbocycles. The molecule has 0 bridgehead atoms. The monoisotopic (exact) mass is 428 g/mol. The summed E-state index contributed by atoms with van der Waals surface area (Å²) in [5.74, 6) is -3.71. The van der Waals surface area contributed by atoms with Crippen LogP contribution in [0.25, 0.3) is 6.08 Å². The van der Waals surface area contributed by atoms with Crippen molar-refractivity contribution in [2.45, 2.75) is 13.0 Å². The number of carbonyl (C=O) groups is 4. The number of nitrogens with one attached hydrogen (secondary N) is 1. The third kappa shape index (κ3) is 4.37. The molecule has 2 aromatic carbocycles. The lowest BCUT2D eigenvalue weighted by molar-refractivity contribution is -0.144. The standard InChI is InChI=1S/C21H17FN2O7/c1-11(20(27)28)31-17-12(5-3-8-16(17)30-2)9-15-18(25)23-21(29)24(19(15)26)14-7-4-6-13(22)10-14/h3-11H,1-2H3,(H,27,28)(H,23,25,29)/b15-9+/t11-/m1/s1. The number of benzene rings is 2. The Balaban J connectivity index is 2.08. The number of nitrogens with zero attached hydrogens (tertiary/aromatic N) is 1. The first kappa shape index (κ1) is 21.5. The Morgan fingerprint density at radius 3 is 2.55 bits per heavy atom. The lowest BCUT2D eigenvalue weighted by Crippen LogP contribution is -2.54. The van der Waals surface area contributed by atoms with Gasteiger partial charge in [-0.3, -0.25) is 14.9 Å². The number of carboxylic acid groups (broad SMARTS) is 1. The van der Waals surface area contributed by atoms with Gasteiger partial charge in [-0.25, -0.2) is 18.9 Å². The van der Waals surface area contributed by atoms with E-state index >= 15 is 0 Å². The highest BCUT2D eigenvalue weighted by atomic mass is 19.1. The van der Waals surface area contributed by atoms with E-state index in [1.54, 1.807) is 6.07 Å². The Morgan fingerprint density at radius 2 is 1.90 bits per heavy atom. The van der Waals surface area contributed by atoms with Crippen molar-refractivity contribution in [3.05, 3.63) is 59.4 Å². The molecule has 1 aliphatic rings. The number of anilines is 1. The number of carboxylic acids is 1. The van der Waals surface area contributed by atoms with Crippen molar-refractivity contribution < 1.29 is 38.1 Å². The number of rotatable bonds is 6. The largest absolute Gasteiger partial charge is 0.493 e. The van der Waals surface area contributed by atoms with E-state index < -0.39 is 41.3 Å². The Hall–Kier alpha value is -4.21. The summed E-state index contributed by atoms with van der Waals surface area (Å²) < 4.78 is 24.2. The van der Waals surface area contributed by atoms with Gasteiger partial charge in [-0.15, -0.1) is 0 Å². The average Bonchev–Trinajstić information content (AvgIpc) is 2.71.